The van der Waals surface area contributed by atoms with Crippen LogP contribution in [-0.2, 0) is 194 Å². The van der Waals surface area contributed by atoms with Gasteiger partial charge in [0.05, 0.1) is 106 Å². The Hall–Kier alpha value is -8.51. The minimum atomic E-state index is -1.38. The van der Waals surface area contributed by atoms with E-state index >= 15 is 0 Å². The van der Waals surface area contributed by atoms with Crippen molar-refractivity contribution in [2.45, 2.75) is 231 Å². The van der Waals surface area contributed by atoms with Crippen molar-refractivity contribution in [2.75, 3.05) is 52.9 Å². The van der Waals surface area contributed by atoms with Crippen molar-refractivity contribution in [1.82, 2.24) is 0 Å². The van der Waals surface area contributed by atoms with E-state index in [-0.39, 0.29) is 99.1 Å². The van der Waals surface area contributed by atoms with Crippen molar-refractivity contribution in [2.24, 2.45) is 0 Å². The molecular formula is C106H118O20S. The Morgan fingerprint density at radius 1 is 0.268 bits per heavy atom. The van der Waals surface area contributed by atoms with Gasteiger partial charge in [0.15, 0.2) is 18.9 Å². The van der Waals surface area contributed by atoms with Gasteiger partial charge in [-0.1, -0.05) is 248 Å². The Labute approximate surface area is 750 Å². The first-order valence-corrected chi connectivity index (χ1v) is 45.8. The van der Waals surface area contributed by atoms with E-state index in [0.29, 0.717) is 19.4 Å². The van der Waals surface area contributed by atoms with Crippen LogP contribution in [0.3, 0.4) is 0 Å². The maximum atomic E-state index is 12.9. The molecule has 17 rings (SSSR count). The molecule has 0 aromatic heterocycles. The first-order chi connectivity index (χ1) is 62.7. The minimum Gasteiger partial charge on any atom is -0.387 e. The average Bonchev–Trinajstić information content (AvgIpc) is 0.756. The van der Waals surface area contributed by atoms with Gasteiger partial charge >= 0.3 is 0 Å². The summed E-state index contributed by atoms with van der Waals surface area (Å²) in [7, 11) is 0. The smallest absolute Gasteiger partial charge is 0.187 e. The van der Waals surface area contributed by atoms with Gasteiger partial charge in [-0.05, 0) is 153 Å². The molecule has 0 spiro atoms. The molecule has 0 radical (unpaired) electrons. The second-order valence-corrected chi connectivity index (χ2v) is 34.7. The van der Waals surface area contributed by atoms with E-state index in [1.807, 2.05) is 60.7 Å². The third-order valence-corrected chi connectivity index (χ3v) is 26.5. The number of benzene rings is 9. The van der Waals surface area contributed by atoms with Gasteiger partial charge in [0.25, 0.3) is 0 Å². The zero-order chi connectivity index (χ0) is 86.5. The van der Waals surface area contributed by atoms with Crippen molar-refractivity contribution in [3.05, 3.63) is 364 Å². The molecule has 8 heterocycles. The second kappa shape index (κ2) is 45.4. The van der Waals surface area contributed by atoms with Crippen molar-refractivity contribution in [1.29, 1.82) is 0 Å². The van der Waals surface area contributed by atoms with E-state index in [1.54, 1.807) is 36.1 Å². The van der Waals surface area contributed by atoms with Crippen LogP contribution in [0, 0.1) is 0 Å². The van der Waals surface area contributed by atoms with Gasteiger partial charge in [0.2, 0.25) is 0 Å². The molecule has 20 atom stereocenters. The van der Waals surface area contributed by atoms with Gasteiger partial charge in [-0.2, -0.15) is 0 Å². The topological polar surface area (TPSA) is 196 Å². The number of ether oxygens (including phenoxy) is 19. The van der Waals surface area contributed by atoms with E-state index in [4.69, 9.17) is 90.0 Å². The van der Waals surface area contributed by atoms with Crippen molar-refractivity contribution >= 4 is 11.8 Å². The number of fused-ring (bicyclic) bond motifs is 16. The molecule has 21 heteroatoms. The number of aliphatic hydroxyl groups is 1. The summed E-state index contributed by atoms with van der Waals surface area (Å²) < 4.78 is 140. The third kappa shape index (κ3) is 22.6. The summed E-state index contributed by atoms with van der Waals surface area (Å²) in [4.78, 5) is 0.966. The molecule has 0 aliphatic carbocycles. The lowest BCUT2D eigenvalue weighted by molar-refractivity contribution is -0.397. The number of aliphatic hydroxyl groups excluding tert-OH is 1. The first-order valence-electron chi connectivity index (χ1n) is 44.9. The summed E-state index contributed by atoms with van der Waals surface area (Å²) in [5.41, 5.74) is 16.5. The molecule has 8 aliphatic heterocycles. The lowest BCUT2D eigenvalue weighted by Gasteiger charge is -2.52. The number of hydrogen-bond donors (Lipinski definition) is 1. The highest BCUT2D eigenvalue weighted by Crippen LogP contribution is 2.44. The molecule has 8 bridgehead atoms. The van der Waals surface area contributed by atoms with Crippen molar-refractivity contribution in [3.8, 4) is 0 Å². The van der Waals surface area contributed by atoms with E-state index in [0.717, 1.165) is 127 Å². The molecule has 1 N–H and O–H groups in total. The molecule has 668 valence electrons. The highest BCUT2D eigenvalue weighted by Gasteiger charge is 2.59. The fourth-order valence-electron chi connectivity index (χ4n) is 18.8. The van der Waals surface area contributed by atoms with Crippen LogP contribution >= 0.6 is 11.8 Å². The maximum Gasteiger partial charge on any atom is 0.187 e. The molecule has 8 aliphatic rings. The summed E-state index contributed by atoms with van der Waals surface area (Å²) in [5.74, 6) is 0. The largest absolute Gasteiger partial charge is 0.387 e. The van der Waals surface area contributed by atoms with E-state index in [1.165, 1.54) is 5.56 Å². The van der Waals surface area contributed by atoms with Crippen LogP contribution in [0.2, 0.25) is 0 Å². The lowest BCUT2D eigenvalue weighted by atomic mass is 9.94. The maximum absolute atomic E-state index is 12.9. The van der Waals surface area contributed by atoms with Gasteiger partial charge in [-0.25, -0.2) is 0 Å². The van der Waals surface area contributed by atoms with Gasteiger partial charge in [0, 0.05) is 4.90 Å². The standard InChI is InChI=1S/C106H118O20S/c1-5-54-112-99-95-91(107)87(66-108-58-78-36-20-12-28-70(78)46-50-74-32-16-24-40-82(74)62-116-95)120-103(99)124-92-88-67-109-59-79-37-21-13-29-71(79)47-51-75-33-17-25-41-83(75)63-117-96(92)100(113-55-6-2)104(121-88)125-93-89-68-110-60-80-38-22-14-30-72(80)48-52-76-34-18-26-42-84(76)64-118-97(93)101(114-56-7-3)105(122-89)126-94-90-69-111-61-81-39-23-15-31-73(81)49-53-77-35-19-27-43-85(77)65-119-98(94)102(115-57-8-4)106(123-90)127-86-44-10-9-11-45-86/h5-45,87-107H,1-4,46-69H2. The molecule has 9 aromatic rings. The van der Waals surface area contributed by atoms with Crippen LogP contribution in [0.5, 0.6) is 0 Å². The fraction of sp³-hybridized carbons (Fsp3) is 0.415. The predicted molar refractivity (Wildman–Crippen MR) is 481 cm³/mol. The average molecular weight is 1740 g/mol. The highest BCUT2D eigenvalue weighted by atomic mass is 32.2. The Kier molecular flexibility index (Phi) is 32.3. The normalized spacial score (nSPS) is 29.3. The van der Waals surface area contributed by atoms with Gasteiger partial charge < -0.3 is 95.1 Å². The molecule has 0 saturated carbocycles. The molecule has 20 nitrogen and oxygen atoms in total. The molecular weight excluding hydrogens is 1630 g/mol. The van der Waals surface area contributed by atoms with Crippen LogP contribution in [0.25, 0.3) is 0 Å². The number of hydrogen-bond acceptors (Lipinski definition) is 21. The number of rotatable bonds is 20. The highest BCUT2D eigenvalue weighted by molar-refractivity contribution is 7.99. The van der Waals surface area contributed by atoms with E-state index in [9.17, 15) is 5.11 Å². The predicted octanol–water partition coefficient (Wildman–Crippen LogP) is 16.1. The third-order valence-electron chi connectivity index (χ3n) is 25.4. The second-order valence-electron chi connectivity index (χ2n) is 33.6. The summed E-state index contributed by atoms with van der Waals surface area (Å²) in [6.07, 6.45) is -8.12. The Morgan fingerprint density at radius 2 is 0.504 bits per heavy atom. The van der Waals surface area contributed by atoms with Crippen LogP contribution in [0.4, 0.5) is 0 Å². The Balaban J connectivity index is 0.788. The molecule has 4 saturated heterocycles. The summed E-state index contributed by atoms with van der Waals surface area (Å²) in [6, 6.07) is 77.2. The summed E-state index contributed by atoms with van der Waals surface area (Å²) in [6.45, 7) is 18.3. The molecule has 127 heavy (non-hydrogen) atoms. The van der Waals surface area contributed by atoms with Crippen molar-refractivity contribution < 1.29 is 95.1 Å². The number of thioether (sulfide) groups is 1. The minimum absolute atomic E-state index is 0.00513. The SMILES string of the molecule is C=CCOC1C(OC2C3COCc4ccccc4CCc4ccccc4COC2C(OCC=C)C(OC2C4COCc5ccccc5CCc5ccccc5COC2C(OCC=C)C(OC2C5COCc6ccccc6CCc6ccccc6COC2C(OCC=C)C(Sc2ccccc2)O5)O4)O3)OC2COCc3ccccc3CCc3ccccc3COC1C2O. The first kappa shape index (κ1) is 90.4. The van der Waals surface area contributed by atoms with Crippen LogP contribution < -0.4 is 0 Å². The van der Waals surface area contributed by atoms with Gasteiger partial charge in [0.1, 0.15) is 103 Å². The molecule has 0 amide bonds. The number of aryl methyl sites for hydroxylation is 8. The monoisotopic (exact) mass is 1740 g/mol. The van der Waals surface area contributed by atoms with E-state index in [2.05, 4.69) is 190 Å². The summed E-state index contributed by atoms with van der Waals surface area (Å²) >= 11 is 1.55. The van der Waals surface area contributed by atoms with E-state index < -0.39 is 122 Å². The Bertz CT molecular complexity index is 5030. The lowest BCUT2D eigenvalue weighted by Crippen LogP contribution is -2.69. The zero-order valence-corrected chi connectivity index (χ0v) is 72.9. The Morgan fingerprint density at radius 3 is 0.811 bits per heavy atom. The molecule has 9 aromatic carbocycles. The summed E-state index contributed by atoms with van der Waals surface area (Å²) in [5, 5.41) is 12.9. The van der Waals surface area contributed by atoms with Crippen molar-refractivity contribution in [3.63, 3.8) is 0 Å². The van der Waals surface area contributed by atoms with Crippen LogP contribution in [-0.4, -0.2) is 180 Å². The van der Waals surface area contributed by atoms with Crippen LogP contribution in [0.1, 0.15) is 89.0 Å². The molecule has 4 fully saturated rings. The van der Waals surface area contributed by atoms with Crippen LogP contribution in [0.15, 0.2) is 280 Å². The fourth-order valence-corrected chi connectivity index (χ4v) is 19.9. The zero-order valence-electron chi connectivity index (χ0n) is 72.1. The molecule has 20 unspecified atom stereocenters. The van der Waals surface area contributed by atoms with Gasteiger partial charge in [-0.15, -0.1) is 26.3 Å². The quantitative estimate of drug-likeness (QED) is 0.0707. The van der Waals surface area contributed by atoms with Gasteiger partial charge in [-0.3, -0.25) is 0 Å².